The van der Waals surface area contributed by atoms with Crippen molar-refractivity contribution >= 4 is 5.91 Å². The minimum absolute atomic E-state index is 0.0965. The Labute approximate surface area is 127 Å². The van der Waals surface area contributed by atoms with Crippen LogP contribution >= 0.6 is 0 Å². The van der Waals surface area contributed by atoms with E-state index in [4.69, 9.17) is 4.74 Å². The fourth-order valence-corrected chi connectivity index (χ4v) is 3.16. The Hall–Kier alpha value is -1.39. The number of likely N-dealkylation sites (tertiary alicyclic amines) is 1. The zero-order valence-electron chi connectivity index (χ0n) is 13.3. The van der Waals surface area contributed by atoms with Crippen LogP contribution in [0.2, 0.25) is 0 Å². The highest BCUT2D eigenvalue weighted by Crippen LogP contribution is 2.26. The van der Waals surface area contributed by atoms with Crippen molar-refractivity contribution in [3.05, 3.63) is 35.9 Å². The maximum Gasteiger partial charge on any atom is 0.248 e. The predicted octanol–water partition coefficient (Wildman–Crippen LogP) is 2.32. The third-order valence-electron chi connectivity index (χ3n) is 4.39. The summed E-state index contributed by atoms with van der Waals surface area (Å²) in [6, 6.07) is 11.3. The van der Waals surface area contributed by atoms with Gasteiger partial charge < -0.3 is 9.64 Å². The average molecular weight is 290 g/mol. The average Bonchev–Trinajstić information content (AvgIpc) is 2.98. The molecule has 21 heavy (non-hydrogen) atoms. The van der Waals surface area contributed by atoms with Crippen LogP contribution in [-0.2, 0) is 9.53 Å². The van der Waals surface area contributed by atoms with E-state index in [0.717, 1.165) is 26.1 Å². The molecule has 1 aromatic rings. The zero-order chi connectivity index (χ0) is 15.2. The van der Waals surface area contributed by atoms with Crippen LogP contribution in [0.5, 0.6) is 0 Å². The number of nitrogens with zero attached hydrogens (tertiary/aromatic N) is 2. The van der Waals surface area contributed by atoms with E-state index in [2.05, 4.69) is 36.1 Å². The van der Waals surface area contributed by atoms with Gasteiger partial charge in [-0.15, -0.1) is 0 Å². The van der Waals surface area contributed by atoms with Crippen LogP contribution in [0.1, 0.15) is 31.9 Å². The summed E-state index contributed by atoms with van der Waals surface area (Å²) in [5, 5.41) is 0. The first-order valence-corrected chi connectivity index (χ1v) is 7.74. The molecule has 0 aliphatic carbocycles. The van der Waals surface area contributed by atoms with Gasteiger partial charge in [-0.1, -0.05) is 30.3 Å². The second-order valence-electron chi connectivity index (χ2n) is 5.64. The van der Waals surface area contributed by atoms with Gasteiger partial charge in [-0.05, 0) is 25.8 Å². The number of carbonyl (C=O) groups is 1. The van der Waals surface area contributed by atoms with E-state index in [1.165, 1.54) is 5.56 Å². The number of hydrogen-bond donors (Lipinski definition) is 0. The molecule has 2 atom stereocenters. The van der Waals surface area contributed by atoms with E-state index in [9.17, 15) is 4.79 Å². The van der Waals surface area contributed by atoms with E-state index in [0.29, 0.717) is 12.1 Å². The van der Waals surface area contributed by atoms with Gasteiger partial charge in [0.25, 0.3) is 0 Å². The van der Waals surface area contributed by atoms with Crippen LogP contribution in [-0.4, -0.2) is 55.1 Å². The van der Waals surface area contributed by atoms with Crippen molar-refractivity contribution in [3.8, 4) is 0 Å². The van der Waals surface area contributed by atoms with Crippen LogP contribution in [0.15, 0.2) is 30.3 Å². The minimum atomic E-state index is 0.0965. The number of amides is 1. The summed E-state index contributed by atoms with van der Waals surface area (Å²) >= 11 is 0. The number of hydrogen-bond acceptors (Lipinski definition) is 3. The fraction of sp³-hybridized carbons (Fsp3) is 0.588. The van der Waals surface area contributed by atoms with Crippen molar-refractivity contribution in [1.29, 1.82) is 0 Å². The molecular formula is C17H26N2O2. The SMILES string of the molecule is CCN(C(=O)COC)[C@@H]1CCN([C@@H](C)c2ccccc2)C1. The van der Waals surface area contributed by atoms with Crippen molar-refractivity contribution in [3.63, 3.8) is 0 Å². The van der Waals surface area contributed by atoms with Gasteiger partial charge in [-0.2, -0.15) is 0 Å². The van der Waals surface area contributed by atoms with Crippen molar-refractivity contribution in [2.24, 2.45) is 0 Å². The molecule has 1 saturated heterocycles. The Morgan fingerprint density at radius 3 is 2.76 bits per heavy atom. The number of ether oxygens (including phenoxy) is 1. The first-order chi connectivity index (χ1) is 10.2. The van der Waals surface area contributed by atoms with Gasteiger partial charge in [0.1, 0.15) is 6.61 Å². The highest BCUT2D eigenvalue weighted by molar-refractivity contribution is 5.77. The molecule has 1 amide bonds. The lowest BCUT2D eigenvalue weighted by atomic mass is 10.1. The Kier molecular flexibility index (Phi) is 5.76. The lowest BCUT2D eigenvalue weighted by Gasteiger charge is -2.29. The number of rotatable bonds is 6. The second-order valence-corrected chi connectivity index (χ2v) is 5.64. The highest BCUT2D eigenvalue weighted by atomic mass is 16.5. The standard InChI is InChI=1S/C17H26N2O2/c1-4-19(17(20)13-21-3)16-10-11-18(12-16)14(2)15-8-6-5-7-9-15/h5-9,14,16H,4,10-13H2,1-3H3/t14-,16+/m0/s1. The van der Waals surface area contributed by atoms with E-state index in [1.807, 2.05) is 17.9 Å². The molecule has 0 N–H and O–H groups in total. The second kappa shape index (κ2) is 7.57. The van der Waals surface area contributed by atoms with Gasteiger partial charge in [-0.25, -0.2) is 0 Å². The smallest absolute Gasteiger partial charge is 0.248 e. The number of carbonyl (C=O) groups excluding carboxylic acids is 1. The first-order valence-electron chi connectivity index (χ1n) is 7.74. The maximum atomic E-state index is 12.1. The van der Waals surface area contributed by atoms with Crippen LogP contribution in [0.3, 0.4) is 0 Å². The summed E-state index contributed by atoms with van der Waals surface area (Å²) in [6.45, 7) is 7.19. The molecule has 0 radical (unpaired) electrons. The van der Waals surface area contributed by atoms with Crippen LogP contribution in [0.25, 0.3) is 0 Å². The third-order valence-corrected chi connectivity index (χ3v) is 4.39. The highest BCUT2D eigenvalue weighted by Gasteiger charge is 2.32. The summed E-state index contributed by atoms with van der Waals surface area (Å²) in [5.41, 5.74) is 1.34. The van der Waals surface area contributed by atoms with Crippen LogP contribution in [0.4, 0.5) is 0 Å². The van der Waals surface area contributed by atoms with E-state index in [-0.39, 0.29) is 12.5 Å². The molecule has 0 unspecified atom stereocenters. The van der Waals surface area contributed by atoms with Gasteiger partial charge in [0, 0.05) is 38.8 Å². The van der Waals surface area contributed by atoms with Crippen LogP contribution < -0.4 is 0 Å². The summed E-state index contributed by atoms with van der Waals surface area (Å²) in [7, 11) is 1.57. The lowest BCUT2D eigenvalue weighted by Crippen LogP contribution is -2.43. The molecule has 4 heteroatoms. The van der Waals surface area contributed by atoms with E-state index >= 15 is 0 Å². The van der Waals surface area contributed by atoms with Crippen LogP contribution in [0, 0.1) is 0 Å². The first kappa shape index (κ1) is 16.0. The van der Waals surface area contributed by atoms with Crippen molar-refractivity contribution in [1.82, 2.24) is 9.80 Å². The Balaban J connectivity index is 1.97. The Morgan fingerprint density at radius 2 is 2.14 bits per heavy atom. The Morgan fingerprint density at radius 1 is 1.43 bits per heavy atom. The van der Waals surface area contributed by atoms with Gasteiger partial charge in [-0.3, -0.25) is 9.69 Å². The molecule has 2 rings (SSSR count). The molecule has 0 saturated carbocycles. The van der Waals surface area contributed by atoms with Gasteiger partial charge in [0.05, 0.1) is 0 Å². The summed E-state index contributed by atoms with van der Waals surface area (Å²) in [6.07, 6.45) is 1.04. The summed E-state index contributed by atoms with van der Waals surface area (Å²) < 4.78 is 4.98. The molecule has 1 aliphatic rings. The van der Waals surface area contributed by atoms with E-state index in [1.54, 1.807) is 7.11 Å². The van der Waals surface area contributed by atoms with E-state index < -0.39 is 0 Å². The van der Waals surface area contributed by atoms with Gasteiger partial charge >= 0.3 is 0 Å². The van der Waals surface area contributed by atoms with Crippen molar-refractivity contribution in [2.75, 3.05) is 33.4 Å². The molecule has 1 aliphatic heterocycles. The molecule has 1 aromatic carbocycles. The summed E-state index contributed by atoms with van der Waals surface area (Å²) in [5.74, 6) is 0.0965. The number of methoxy groups -OCH3 is 1. The molecule has 4 nitrogen and oxygen atoms in total. The third kappa shape index (κ3) is 3.83. The molecule has 0 spiro atoms. The number of benzene rings is 1. The molecular weight excluding hydrogens is 264 g/mol. The monoisotopic (exact) mass is 290 g/mol. The quantitative estimate of drug-likeness (QED) is 0.806. The van der Waals surface area contributed by atoms with Gasteiger partial charge in [0.2, 0.25) is 5.91 Å². The topological polar surface area (TPSA) is 32.8 Å². The minimum Gasteiger partial charge on any atom is -0.375 e. The molecule has 1 fully saturated rings. The largest absolute Gasteiger partial charge is 0.375 e. The van der Waals surface area contributed by atoms with Crippen molar-refractivity contribution in [2.45, 2.75) is 32.4 Å². The normalized spacial score (nSPS) is 20.4. The van der Waals surface area contributed by atoms with Gasteiger partial charge in [0.15, 0.2) is 0 Å². The maximum absolute atomic E-state index is 12.1. The molecule has 0 aromatic heterocycles. The zero-order valence-corrected chi connectivity index (χ0v) is 13.3. The Bertz CT molecular complexity index is 449. The predicted molar refractivity (Wildman–Crippen MR) is 84.1 cm³/mol. The lowest BCUT2D eigenvalue weighted by molar-refractivity contribution is -0.137. The molecule has 0 bridgehead atoms. The summed E-state index contributed by atoms with van der Waals surface area (Å²) in [4.78, 5) is 16.5. The number of likely N-dealkylation sites (N-methyl/N-ethyl adjacent to an activating group) is 1. The fourth-order valence-electron chi connectivity index (χ4n) is 3.16. The van der Waals surface area contributed by atoms with Crippen molar-refractivity contribution < 1.29 is 9.53 Å². The molecule has 1 heterocycles. The molecule has 116 valence electrons.